The lowest BCUT2D eigenvalue weighted by molar-refractivity contribution is -0.160. The zero-order valence-corrected chi connectivity index (χ0v) is 40.5. The SMILES string of the molecule is NCCC1OC(O)C(O)=C(O)C(CCO)OC(O)C(O)=C(O)C(CCO)OC(O)C(O)=C(O)C(CCO)OC(O)C(O)=C(O)C(CCO)OC(O)C(O)=C(O)C(CCO)OC(O)C(O)=C(O)C(CCO)OC(O)C(O)=C1O. The highest BCUT2D eigenvalue weighted by atomic mass is 16.7. The monoisotopic (exact) mass is 1130 g/mol. The molecule has 77 heavy (non-hydrogen) atoms. The number of hydrogen-bond acceptors (Lipinski definition) is 35. The Bertz CT molecular complexity index is 1630. The van der Waals surface area contributed by atoms with Gasteiger partial charge in [-0.05, 0) is 13.0 Å². The van der Waals surface area contributed by atoms with Crippen LogP contribution in [0.15, 0.2) is 80.6 Å². The minimum absolute atomic E-state index is 0.499. The summed E-state index contributed by atoms with van der Waals surface area (Å²) >= 11 is 0. The Hall–Kier alpha value is -5.46. The Balaban J connectivity index is 4.21. The molecule has 0 aromatic heterocycles. The smallest absolute Gasteiger partial charge is 0.218 e. The number of aliphatic hydroxyl groups is 27. The van der Waals surface area contributed by atoms with Crippen LogP contribution in [0.1, 0.15) is 44.9 Å². The number of nitrogens with two attached hydrogens (primary N) is 1. The van der Waals surface area contributed by atoms with Crippen LogP contribution in [0.4, 0.5) is 0 Å². The topological polar surface area (TPSA) is 637 Å². The summed E-state index contributed by atoms with van der Waals surface area (Å²) < 4.78 is 35.1. The molecule has 0 radical (unpaired) electrons. The molecule has 1 aliphatic rings. The predicted octanol–water partition coefficient (Wildman–Crippen LogP) is -4.14. The average Bonchev–Trinajstić information content (AvgIpc) is 3.40. The van der Waals surface area contributed by atoms with Crippen molar-refractivity contribution in [3.8, 4) is 0 Å². The van der Waals surface area contributed by atoms with Gasteiger partial charge in [0.05, 0.1) is 0 Å². The summed E-state index contributed by atoms with van der Waals surface area (Å²) in [5, 5.41) is 283. The minimum atomic E-state index is -2.87. The highest BCUT2D eigenvalue weighted by molar-refractivity contribution is 5.16. The van der Waals surface area contributed by atoms with Crippen LogP contribution in [0.5, 0.6) is 0 Å². The fraction of sp³-hybridized carbons (Fsp3) is 0.667. The van der Waals surface area contributed by atoms with Crippen molar-refractivity contribution in [2.75, 3.05) is 46.2 Å². The van der Waals surface area contributed by atoms with Gasteiger partial charge >= 0.3 is 0 Å². The summed E-state index contributed by atoms with van der Waals surface area (Å²) in [6.45, 7) is -6.43. The third-order valence-corrected chi connectivity index (χ3v) is 10.4. The molecule has 0 amide bonds. The largest absolute Gasteiger partial charge is 0.506 e. The fourth-order valence-corrected chi connectivity index (χ4v) is 6.32. The van der Waals surface area contributed by atoms with Gasteiger partial charge in [0.1, 0.15) is 42.7 Å². The van der Waals surface area contributed by atoms with Gasteiger partial charge in [-0.1, -0.05) is 0 Å². The minimum Gasteiger partial charge on any atom is -0.506 e. The molecule has 29 N–H and O–H groups in total. The van der Waals surface area contributed by atoms with E-state index in [4.69, 9.17) is 38.9 Å². The number of rotatable bonds is 14. The molecule has 1 rings (SSSR count). The maximum Gasteiger partial charge on any atom is 0.218 e. The lowest BCUT2D eigenvalue weighted by Gasteiger charge is -2.26. The first-order chi connectivity index (χ1) is 36.1. The third-order valence-electron chi connectivity index (χ3n) is 10.4. The van der Waals surface area contributed by atoms with E-state index >= 15 is 0 Å². The van der Waals surface area contributed by atoms with Crippen molar-refractivity contribution < 1.29 is 171 Å². The normalized spacial score (nSPS) is 31.5. The molecule has 0 bridgehead atoms. The number of hydrogen-bond donors (Lipinski definition) is 28. The zero-order valence-electron chi connectivity index (χ0n) is 40.5. The Morgan fingerprint density at radius 3 is 0.442 bits per heavy atom. The van der Waals surface area contributed by atoms with Crippen LogP contribution >= 0.6 is 0 Å². The molecule has 0 aromatic rings. The molecule has 0 saturated heterocycles. The first-order valence-corrected chi connectivity index (χ1v) is 22.7. The Morgan fingerprint density at radius 1 is 0.221 bits per heavy atom. The molecule has 1 aliphatic heterocycles. The maximum absolute atomic E-state index is 10.8. The molecule has 448 valence electrons. The van der Waals surface area contributed by atoms with Gasteiger partial charge in [0.15, 0.2) is 80.6 Å². The van der Waals surface area contributed by atoms with E-state index in [9.17, 15) is 138 Å². The Kier molecular flexibility index (Phi) is 31.1. The van der Waals surface area contributed by atoms with E-state index < -0.39 is 259 Å². The molecule has 1 heterocycles. The molecule has 35 heteroatoms. The lowest BCUT2D eigenvalue weighted by Crippen LogP contribution is -2.35. The van der Waals surface area contributed by atoms with Gasteiger partial charge in [0.25, 0.3) is 0 Å². The summed E-state index contributed by atoms with van der Waals surface area (Å²) in [4.78, 5) is 0. The van der Waals surface area contributed by atoms with Crippen molar-refractivity contribution in [1.82, 2.24) is 0 Å². The first kappa shape index (κ1) is 69.6. The van der Waals surface area contributed by atoms with E-state index in [0.29, 0.717) is 0 Å². The van der Waals surface area contributed by atoms with Crippen molar-refractivity contribution >= 4 is 0 Å². The summed E-state index contributed by atoms with van der Waals surface area (Å²) in [5.74, 6) is -22.5. The van der Waals surface area contributed by atoms with Gasteiger partial charge < -0.3 is 177 Å². The van der Waals surface area contributed by atoms with Gasteiger partial charge in [-0.2, -0.15) is 0 Å². The van der Waals surface area contributed by atoms with Gasteiger partial charge in [0, 0.05) is 78.2 Å². The molecule has 14 atom stereocenters. The van der Waals surface area contributed by atoms with Crippen molar-refractivity contribution in [1.29, 1.82) is 0 Å². The molecule has 0 saturated carbocycles. The summed E-state index contributed by atoms with van der Waals surface area (Å²) in [6.07, 6.45) is -41.2. The van der Waals surface area contributed by atoms with Gasteiger partial charge in [-0.15, -0.1) is 0 Å². The Morgan fingerprint density at radius 2 is 0.338 bits per heavy atom. The number of aliphatic hydroxyl groups excluding tert-OH is 27. The average molecular weight is 1130 g/mol. The second-order valence-corrected chi connectivity index (χ2v) is 15.9. The van der Waals surface area contributed by atoms with Crippen LogP contribution < -0.4 is 5.73 Å². The lowest BCUT2D eigenvalue weighted by atomic mass is 10.1. The molecule has 0 aliphatic carbocycles. The maximum atomic E-state index is 10.8. The van der Waals surface area contributed by atoms with Crippen LogP contribution in [-0.2, 0) is 33.2 Å². The van der Waals surface area contributed by atoms with Crippen LogP contribution in [0.2, 0.25) is 0 Å². The predicted molar refractivity (Wildman–Crippen MR) is 246 cm³/mol. The van der Waals surface area contributed by atoms with E-state index in [-0.39, 0.29) is 0 Å². The van der Waals surface area contributed by atoms with Gasteiger partial charge in [-0.3, -0.25) is 0 Å². The molecule has 14 unspecified atom stereocenters. The van der Waals surface area contributed by atoms with Crippen LogP contribution in [0.3, 0.4) is 0 Å². The zero-order chi connectivity index (χ0) is 59.0. The van der Waals surface area contributed by atoms with Crippen LogP contribution in [0.25, 0.3) is 0 Å². The van der Waals surface area contributed by atoms with Crippen LogP contribution in [0, 0.1) is 0 Å². The summed E-state index contributed by atoms with van der Waals surface area (Å²) in [6, 6.07) is 0. The van der Waals surface area contributed by atoms with E-state index in [2.05, 4.69) is 0 Å². The molecule has 0 fully saturated rings. The van der Waals surface area contributed by atoms with Crippen molar-refractivity contribution in [3.63, 3.8) is 0 Å². The first-order valence-electron chi connectivity index (χ1n) is 22.7. The van der Waals surface area contributed by atoms with Crippen LogP contribution in [-0.4, -0.2) is 271 Å². The van der Waals surface area contributed by atoms with Crippen molar-refractivity contribution in [2.45, 2.75) is 132 Å². The van der Waals surface area contributed by atoms with Gasteiger partial charge in [0.2, 0.25) is 44.0 Å². The van der Waals surface area contributed by atoms with E-state index in [1.54, 1.807) is 0 Å². The van der Waals surface area contributed by atoms with Crippen molar-refractivity contribution in [3.05, 3.63) is 80.6 Å². The highest BCUT2D eigenvalue weighted by Gasteiger charge is 2.38. The van der Waals surface area contributed by atoms with Gasteiger partial charge in [-0.25, -0.2) is 0 Å². The summed E-state index contributed by atoms with van der Waals surface area (Å²) in [5.41, 5.74) is 5.53. The molecule has 35 nitrogen and oxygen atoms in total. The highest BCUT2D eigenvalue weighted by Crippen LogP contribution is 2.28. The summed E-state index contributed by atoms with van der Waals surface area (Å²) in [7, 11) is 0. The molecular weight excluding hydrogens is 1060 g/mol. The molecule has 0 spiro atoms. The molecule has 0 aromatic carbocycles. The Labute approximate surface area is 434 Å². The van der Waals surface area contributed by atoms with Crippen molar-refractivity contribution in [2.24, 2.45) is 5.73 Å². The fourth-order valence-electron chi connectivity index (χ4n) is 6.32. The molecular formula is C42H71NO34. The van der Waals surface area contributed by atoms with E-state index in [0.717, 1.165) is 0 Å². The second kappa shape index (κ2) is 34.4. The van der Waals surface area contributed by atoms with E-state index in [1.807, 2.05) is 0 Å². The second-order valence-electron chi connectivity index (χ2n) is 15.9. The van der Waals surface area contributed by atoms with E-state index in [1.165, 1.54) is 0 Å². The quantitative estimate of drug-likeness (QED) is 0.0785. The number of ether oxygens (including phenoxy) is 7. The third kappa shape index (κ3) is 20.4. The standard InChI is InChI=1S/C42H71NO34/c43-8-1-15-22(50)29(57)37(65)72-17(3-10-45)24(52)31(59)39(67)74-19(5-12-47)26(54)33(61)41(69)76-21(7-14-49)28(56)35(63)42(70)77-20(6-13-48)27(55)34(62)40(68)75-18(4-11-46)25(53)32(60)38(66)73-16(2-9-44)23(51)30(58)36(64)71-15/h15-21,36-42,44-70H,1-14,43H2.